The molecule has 1 saturated carbocycles. The van der Waals surface area contributed by atoms with Crippen LogP contribution in [-0.2, 0) is 33.5 Å². The van der Waals surface area contributed by atoms with Crippen LogP contribution in [0, 0.1) is 11.8 Å². The van der Waals surface area contributed by atoms with Gasteiger partial charge in [-0.2, -0.15) is 0 Å². The van der Waals surface area contributed by atoms with Crippen molar-refractivity contribution in [3.8, 4) is 0 Å². The monoisotopic (exact) mass is 829 g/mol. The summed E-state index contributed by atoms with van der Waals surface area (Å²) in [6.07, 6.45) is 9.34. The van der Waals surface area contributed by atoms with Crippen LogP contribution in [0.3, 0.4) is 0 Å². The van der Waals surface area contributed by atoms with E-state index in [4.69, 9.17) is 20.1 Å². The molecule has 3 atom stereocenters. The second kappa shape index (κ2) is 31.5. The Balaban J connectivity index is 2.90. The number of hydrogen-bond donors (Lipinski definition) is 10. The molecule has 3 unspecified atom stereocenters. The first-order valence-electron chi connectivity index (χ1n) is 21.5. The van der Waals surface area contributed by atoms with Gasteiger partial charge in [-0.05, 0) is 104 Å². The standard InChI is InChI=1S/C41H76N6O11/c1-41(2,3)58-29-30-14-16-31(17-15-30)37(54)47-34(28-51)40(57)46-33(39(56)44-24-10-13-27-50)19-21-36(53)45-32(38(55)43-23-9-5-7-12-26-49)18-20-35(52)42-22-8-4-6-11-25-48/h30-34,48-51H,4-29H2,1-3H3,(H,42,52)(H,43,55)(H,44,56)(H,45,53)(H,46,57)(H,47,54). The first-order valence-corrected chi connectivity index (χ1v) is 21.5. The Kier molecular flexibility index (Phi) is 28.6. The second-order valence-corrected chi connectivity index (χ2v) is 16.3. The van der Waals surface area contributed by atoms with Crippen LogP contribution in [-0.4, -0.2) is 132 Å². The normalized spacial score (nSPS) is 17.0. The van der Waals surface area contributed by atoms with E-state index in [1.165, 1.54) is 0 Å². The minimum Gasteiger partial charge on any atom is -0.396 e. The lowest BCUT2D eigenvalue weighted by Gasteiger charge is -2.31. The fourth-order valence-electron chi connectivity index (χ4n) is 6.47. The summed E-state index contributed by atoms with van der Waals surface area (Å²) in [5, 5.41) is 53.3. The number of aliphatic hydroxyl groups is 4. The molecule has 0 spiro atoms. The van der Waals surface area contributed by atoms with Crippen LogP contribution in [0.1, 0.15) is 136 Å². The molecule has 17 heteroatoms. The van der Waals surface area contributed by atoms with Crippen LogP contribution in [0.5, 0.6) is 0 Å². The van der Waals surface area contributed by atoms with E-state index in [9.17, 15) is 33.9 Å². The van der Waals surface area contributed by atoms with Crippen LogP contribution in [0.25, 0.3) is 0 Å². The molecule has 1 fully saturated rings. The summed E-state index contributed by atoms with van der Waals surface area (Å²) in [5.74, 6) is -3.10. The molecule has 0 aromatic heterocycles. The molecule has 0 radical (unpaired) electrons. The molecule has 0 saturated heterocycles. The highest BCUT2D eigenvalue weighted by molar-refractivity contribution is 5.93. The molecule has 1 aliphatic carbocycles. The van der Waals surface area contributed by atoms with E-state index in [1.807, 2.05) is 20.8 Å². The third-order valence-electron chi connectivity index (χ3n) is 10.1. The smallest absolute Gasteiger partial charge is 0.245 e. The summed E-state index contributed by atoms with van der Waals surface area (Å²) in [6, 6.07) is -3.61. The van der Waals surface area contributed by atoms with Gasteiger partial charge in [-0.15, -0.1) is 0 Å². The molecule has 0 aromatic carbocycles. The maximum Gasteiger partial charge on any atom is 0.245 e. The number of nitrogens with one attached hydrogen (secondary N) is 6. The number of amides is 6. The van der Waals surface area contributed by atoms with Crippen molar-refractivity contribution in [2.24, 2.45) is 11.8 Å². The minimum atomic E-state index is -1.34. The van der Waals surface area contributed by atoms with E-state index < -0.39 is 48.4 Å². The number of unbranched alkanes of at least 4 members (excludes halogenated alkanes) is 7. The molecule has 10 N–H and O–H groups in total. The van der Waals surface area contributed by atoms with Crippen LogP contribution in [0.2, 0.25) is 0 Å². The molecule has 6 amide bonds. The van der Waals surface area contributed by atoms with Crippen LogP contribution in [0.15, 0.2) is 0 Å². The number of hydrogen-bond acceptors (Lipinski definition) is 11. The lowest BCUT2D eigenvalue weighted by molar-refractivity contribution is -0.135. The molecule has 0 aliphatic heterocycles. The lowest BCUT2D eigenvalue weighted by Crippen LogP contribution is -2.56. The van der Waals surface area contributed by atoms with Crippen LogP contribution in [0.4, 0.5) is 0 Å². The number of rotatable bonds is 32. The van der Waals surface area contributed by atoms with E-state index in [0.29, 0.717) is 70.6 Å². The molecule has 17 nitrogen and oxygen atoms in total. The first kappa shape index (κ1) is 52.6. The summed E-state index contributed by atoms with van der Waals surface area (Å²) in [4.78, 5) is 78.8. The van der Waals surface area contributed by atoms with E-state index in [2.05, 4.69) is 31.9 Å². The van der Waals surface area contributed by atoms with Gasteiger partial charge in [0.05, 0.1) is 18.8 Å². The fraction of sp³-hybridized carbons (Fsp3) is 0.854. The van der Waals surface area contributed by atoms with Gasteiger partial charge in [0.25, 0.3) is 0 Å². The Morgan fingerprint density at radius 2 is 1.02 bits per heavy atom. The maximum absolute atomic E-state index is 13.4. The van der Waals surface area contributed by atoms with Gasteiger partial charge in [0.2, 0.25) is 35.4 Å². The van der Waals surface area contributed by atoms with Crippen molar-refractivity contribution in [3.05, 3.63) is 0 Å². The van der Waals surface area contributed by atoms with Gasteiger partial charge in [-0.25, -0.2) is 0 Å². The number of ether oxygens (including phenoxy) is 1. The van der Waals surface area contributed by atoms with E-state index in [0.717, 1.165) is 44.9 Å². The SMILES string of the molecule is CC(C)(C)OCC1CCC(C(=O)NC(CO)C(=O)NC(CCC(=O)NC(CCC(=O)NCCCCCCO)C(=O)NCCCCCCO)C(=O)NCCCCO)CC1. The third kappa shape index (κ3) is 25.2. The topological polar surface area (TPSA) is 265 Å². The zero-order valence-electron chi connectivity index (χ0n) is 35.4. The third-order valence-corrected chi connectivity index (χ3v) is 10.1. The first-order chi connectivity index (χ1) is 27.7. The highest BCUT2D eigenvalue weighted by Crippen LogP contribution is 2.30. The molecule has 1 aliphatic rings. The molecule has 336 valence electrons. The number of carbonyl (C=O) groups excluding carboxylic acids is 6. The molecule has 0 aromatic rings. The Bertz CT molecular complexity index is 1190. The predicted octanol–water partition coefficient (Wildman–Crippen LogP) is 0.842. The number of carbonyl (C=O) groups is 6. The van der Waals surface area contributed by atoms with E-state index in [-0.39, 0.29) is 75.4 Å². The van der Waals surface area contributed by atoms with Crippen molar-refractivity contribution >= 4 is 35.4 Å². The Morgan fingerprint density at radius 1 is 0.552 bits per heavy atom. The van der Waals surface area contributed by atoms with Crippen molar-refractivity contribution in [1.29, 1.82) is 0 Å². The summed E-state index contributed by atoms with van der Waals surface area (Å²) in [7, 11) is 0. The van der Waals surface area contributed by atoms with Gasteiger partial charge in [0.1, 0.15) is 18.1 Å². The lowest BCUT2D eigenvalue weighted by atomic mass is 9.82. The number of aliphatic hydroxyl groups excluding tert-OH is 4. The Hall–Kier alpha value is -3.38. The van der Waals surface area contributed by atoms with Gasteiger partial charge in [0.15, 0.2) is 0 Å². The summed E-state index contributed by atoms with van der Waals surface area (Å²) in [6.45, 7) is 7.02. The average molecular weight is 829 g/mol. The van der Waals surface area contributed by atoms with Gasteiger partial charge >= 0.3 is 0 Å². The van der Waals surface area contributed by atoms with E-state index >= 15 is 0 Å². The molecule has 1 rings (SSSR count). The van der Waals surface area contributed by atoms with Crippen LogP contribution < -0.4 is 31.9 Å². The Morgan fingerprint density at radius 3 is 1.53 bits per heavy atom. The zero-order valence-corrected chi connectivity index (χ0v) is 35.4. The fourth-order valence-corrected chi connectivity index (χ4v) is 6.47. The highest BCUT2D eigenvalue weighted by Gasteiger charge is 2.32. The quantitative estimate of drug-likeness (QED) is 0.0425. The summed E-state index contributed by atoms with van der Waals surface area (Å²) in [5.41, 5.74) is -0.254. The summed E-state index contributed by atoms with van der Waals surface area (Å²) < 4.78 is 5.91. The largest absolute Gasteiger partial charge is 0.396 e. The van der Waals surface area contributed by atoms with Crippen molar-refractivity contribution in [2.75, 3.05) is 52.7 Å². The minimum absolute atomic E-state index is 0.0220. The van der Waals surface area contributed by atoms with Crippen LogP contribution >= 0.6 is 0 Å². The molecule has 0 bridgehead atoms. The maximum atomic E-state index is 13.4. The molecule has 58 heavy (non-hydrogen) atoms. The molecular weight excluding hydrogens is 752 g/mol. The van der Waals surface area contributed by atoms with Gasteiger partial charge < -0.3 is 57.1 Å². The van der Waals surface area contributed by atoms with Crippen molar-refractivity contribution in [2.45, 2.75) is 160 Å². The second-order valence-electron chi connectivity index (χ2n) is 16.3. The van der Waals surface area contributed by atoms with Gasteiger partial charge in [-0.1, -0.05) is 25.7 Å². The van der Waals surface area contributed by atoms with Crippen molar-refractivity contribution < 1.29 is 53.9 Å². The van der Waals surface area contributed by atoms with Crippen molar-refractivity contribution in [3.63, 3.8) is 0 Å². The van der Waals surface area contributed by atoms with Gasteiger partial charge in [0, 0.05) is 58.2 Å². The van der Waals surface area contributed by atoms with Gasteiger partial charge in [-0.3, -0.25) is 28.8 Å². The molecule has 0 heterocycles. The predicted molar refractivity (Wildman–Crippen MR) is 219 cm³/mol. The van der Waals surface area contributed by atoms with E-state index in [1.54, 1.807) is 0 Å². The average Bonchev–Trinajstić information content (AvgIpc) is 3.19. The highest BCUT2D eigenvalue weighted by atomic mass is 16.5. The van der Waals surface area contributed by atoms with Crippen molar-refractivity contribution in [1.82, 2.24) is 31.9 Å². The Labute approximate surface area is 345 Å². The molecular formula is C41H76N6O11. The summed E-state index contributed by atoms with van der Waals surface area (Å²) >= 11 is 0. The zero-order chi connectivity index (χ0) is 43.2.